The van der Waals surface area contributed by atoms with Crippen LogP contribution in [0.3, 0.4) is 0 Å². The molecule has 1 aliphatic heterocycles. The smallest absolute Gasteiger partial charge is 0.358 e. The number of nitrogens with one attached hydrogen (secondary N) is 1. The third-order valence-electron chi connectivity index (χ3n) is 3.42. The summed E-state index contributed by atoms with van der Waals surface area (Å²) < 4.78 is 4.63. The Balaban J connectivity index is 1.94. The number of hydrogen-bond acceptors (Lipinski definition) is 6. The SMILES string of the molecule is CCN1CCC(Nc2cncc(C(=O)OC)n2)CC1. The summed E-state index contributed by atoms with van der Waals surface area (Å²) >= 11 is 0. The van der Waals surface area contributed by atoms with Crippen LogP contribution >= 0.6 is 0 Å². The van der Waals surface area contributed by atoms with Gasteiger partial charge in [0.15, 0.2) is 5.69 Å². The minimum atomic E-state index is -0.461. The highest BCUT2D eigenvalue weighted by Crippen LogP contribution is 2.14. The van der Waals surface area contributed by atoms with E-state index in [-0.39, 0.29) is 5.69 Å². The first-order valence-electron chi connectivity index (χ1n) is 6.62. The van der Waals surface area contributed by atoms with E-state index in [1.807, 2.05) is 0 Å². The molecule has 2 heterocycles. The van der Waals surface area contributed by atoms with E-state index in [4.69, 9.17) is 0 Å². The van der Waals surface area contributed by atoms with E-state index >= 15 is 0 Å². The Kier molecular flexibility index (Phi) is 4.68. The predicted molar refractivity (Wildman–Crippen MR) is 72.1 cm³/mol. The third kappa shape index (κ3) is 3.64. The van der Waals surface area contributed by atoms with E-state index in [0.29, 0.717) is 11.9 Å². The van der Waals surface area contributed by atoms with Gasteiger partial charge >= 0.3 is 5.97 Å². The van der Waals surface area contributed by atoms with Crippen LogP contribution in [0.25, 0.3) is 0 Å². The molecular weight excluding hydrogens is 244 g/mol. The Morgan fingerprint density at radius 2 is 2.21 bits per heavy atom. The van der Waals surface area contributed by atoms with Crippen LogP contribution in [0.15, 0.2) is 12.4 Å². The van der Waals surface area contributed by atoms with Crippen molar-refractivity contribution in [2.75, 3.05) is 32.1 Å². The van der Waals surface area contributed by atoms with Crippen molar-refractivity contribution in [3.63, 3.8) is 0 Å². The Labute approximate surface area is 113 Å². The van der Waals surface area contributed by atoms with Gasteiger partial charge in [0.05, 0.1) is 19.5 Å². The third-order valence-corrected chi connectivity index (χ3v) is 3.42. The normalized spacial score (nSPS) is 17.2. The Bertz CT molecular complexity index is 430. The maximum atomic E-state index is 11.4. The summed E-state index contributed by atoms with van der Waals surface area (Å²) in [6.45, 7) is 5.47. The van der Waals surface area contributed by atoms with Crippen molar-refractivity contribution in [3.8, 4) is 0 Å². The summed E-state index contributed by atoms with van der Waals surface area (Å²) in [5, 5.41) is 3.34. The van der Waals surface area contributed by atoms with Gasteiger partial charge in [-0.05, 0) is 19.4 Å². The lowest BCUT2D eigenvalue weighted by Gasteiger charge is -2.31. The average Bonchev–Trinajstić information content (AvgIpc) is 2.47. The molecule has 0 atom stereocenters. The van der Waals surface area contributed by atoms with Crippen molar-refractivity contribution in [1.82, 2.24) is 14.9 Å². The number of anilines is 1. The van der Waals surface area contributed by atoms with Crippen LogP contribution in [-0.2, 0) is 4.74 Å². The molecule has 0 spiro atoms. The van der Waals surface area contributed by atoms with Crippen molar-refractivity contribution >= 4 is 11.8 Å². The summed E-state index contributed by atoms with van der Waals surface area (Å²) in [6, 6.07) is 0.394. The number of rotatable bonds is 4. The molecule has 0 saturated carbocycles. The largest absolute Gasteiger partial charge is 0.464 e. The number of esters is 1. The minimum absolute atomic E-state index is 0.235. The van der Waals surface area contributed by atoms with Crippen molar-refractivity contribution in [3.05, 3.63) is 18.1 Å². The van der Waals surface area contributed by atoms with Gasteiger partial charge in [-0.15, -0.1) is 0 Å². The highest BCUT2D eigenvalue weighted by atomic mass is 16.5. The van der Waals surface area contributed by atoms with Gasteiger partial charge < -0.3 is 15.0 Å². The zero-order valence-electron chi connectivity index (χ0n) is 11.4. The number of hydrogen-bond donors (Lipinski definition) is 1. The van der Waals surface area contributed by atoms with Gasteiger partial charge in [0, 0.05) is 19.1 Å². The number of piperidine rings is 1. The molecule has 104 valence electrons. The Hall–Kier alpha value is -1.69. The molecule has 6 nitrogen and oxygen atoms in total. The molecular formula is C13H20N4O2. The molecule has 0 unspecified atom stereocenters. The maximum Gasteiger partial charge on any atom is 0.358 e. The van der Waals surface area contributed by atoms with E-state index in [0.717, 1.165) is 32.5 Å². The summed E-state index contributed by atoms with van der Waals surface area (Å²) in [7, 11) is 1.34. The van der Waals surface area contributed by atoms with Crippen LogP contribution in [0.1, 0.15) is 30.3 Å². The number of carbonyl (C=O) groups is 1. The summed E-state index contributed by atoms with van der Waals surface area (Å²) in [4.78, 5) is 22.0. The molecule has 1 aromatic rings. The summed E-state index contributed by atoms with van der Waals surface area (Å²) in [6.07, 6.45) is 5.21. The molecule has 0 aliphatic carbocycles. The number of ether oxygens (including phenoxy) is 1. The van der Waals surface area contributed by atoms with Gasteiger partial charge in [0.1, 0.15) is 5.82 Å². The highest BCUT2D eigenvalue weighted by molar-refractivity contribution is 5.87. The monoisotopic (exact) mass is 264 g/mol. The van der Waals surface area contributed by atoms with Gasteiger partial charge in [-0.3, -0.25) is 4.98 Å². The lowest BCUT2D eigenvalue weighted by Crippen LogP contribution is -2.39. The Morgan fingerprint density at radius 1 is 1.47 bits per heavy atom. The fourth-order valence-corrected chi connectivity index (χ4v) is 2.24. The topological polar surface area (TPSA) is 67.4 Å². The second-order valence-electron chi connectivity index (χ2n) is 4.63. The van der Waals surface area contributed by atoms with Crippen LogP contribution in [0, 0.1) is 0 Å². The van der Waals surface area contributed by atoms with Crippen LogP contribution < -0.4 is 5.32 Å². The fourth-order valence-electron chi connectivity index (χ4n) is 2.24. The number of aromatic nitrogens is 2. The van der Waals surface area contributed by atoms with E-state index in [1.165, 1.54) is 13.3 Å². The van der Waals surface area contributed by atoms with Gasteiger partial charge in [0.25, 0.3) is 0 Å². The molecule has 6 heteroatoms. The van der Waals surface area contributed by atoms with Crippen LogP contribution in [0.5, 0.6) is 0 Å². The lowest BCUT2D eigenvalue weighted by molar-refractivity contribution is 0.0593. The van der Waals surface area contributed by atoms with Crippen molar-refractivity contribution in [1.29, 1.82) is 0 Å². The van der Waals surface area contributed by atoms with Gasteiger partial charge in [-0.2, -0.15) is 0 Å². The molecule has 0 amide bonds. The van der Waals surface area contributed by atoms with Gasteiger partial charge in [-0.1, -0.05) is 6.92 Å². The average molecular weight is 264 g/mol. The van der Waals surface area contributed by atoms with Crippen molar-refractivity contribution in [2.24, 2.45) is 0 Å². The van der Waals surface area contributed by atoms with Crippen molar-refractivity contribution < 1.29 is 9.53 Å². The molecule has 1 aromatic heterocycles. The number of carbonyl (C=O) groups excluding carboxylic acids is 1. The lowest BCUT2D eigenvalue weighted by atomic mass is 10.1. The second-order valence-corrected chi connectivity index (χ2v) is 4.63. The zero-order chi connectivity index (χ0) is 13.7. The first-order chi connectivity index (χ1) is 9.22. The second kappa shape index (κ2) is 6.47. The van der Waals surface area contributed by atoms with Crippen molar-refractivity contribution in [2.45, 2.75) is 25.8 Å². The number of nitrogens with zero attached hydrogens (tertiary/aromatic N) is 3. The minimum Gasteiger partial charge on any atom is -0.464 e. The molecule has 19 heavy (non-hydrogen) atoms. The van der Waals surface area contributed by atoms with Gasteiger partial charge in [-0.25, -0.2) is 9.78 Å². The number of methoxy groups -OCH3 is 1. The Morgan fingerprint density at radius 3 is 2.84 bits per heavy atom. The van der Waals surface area contributed by atoms with Crippen LogP contribution in [0.4, 0.5) is 5.82 Å². The molecule has 2 rings (SSSR count). The molecule has 1 fully saturated rings. The molecule has 0 radical (unpaired) electrons. The predicted octanol–water partition coefficient (Wildman–Crippen LogP) is 1.16. The molecule has 0 bridgehead atoms. The van der Waals surface area contributed by atoms with E-state index < -0.39 is 5.97 Å². The first-order valence-corrected chi connectivity index (χ1v) is 6.62. The maximum absolute atomic E-state index is 11.4. The number of likely N-dealkylation sites (tertiary alicyclic amines) is 1. The van der Waals surface area contributed by atoms with Gasteiger partial charge in [0.2, 0.25) is 0 Å². The van der Waals surface area contributed by atoms with E-state index in [9.17, 15) is 4.79 Å². The molecule has 1 aliphatic rings. The molecule has 0 aromatic carbocycles. The van der Waals surface area contributed by atoms with E-state index in [1.54, 1.807) is 6.20 Å². The van der Waals surface area contributed by atoms with E-state index in [2.05, 4.69) is 31.8 Å². The van der Waals surface area contributed by atoms with Crippen LogP contribution in [-0.4, -0.2) is 53.6 Å². The standard InChI is InChI=1S/C13H20N4O2/c1-3-17-6-4-10(5-7-17)15-12-9-14-8-11(16-12)13(18)19-2/h8-10H,3-7H2,1-2H3,(H,15,16). The highest BCUT2D eigenvalue weighted by Gasteiger charge is 2.18. The first kappa shape index (κ1) is 13.7. The quantitative estimate of drug-likeness (QED) is 0.823. The summed E-state index contributed by atoms with van der Waals surface area (Å²) in [5.41, 5.74) is 0.235. The van der Waals surface area contributed by atoms with Crippen LogP contribution in [0.2, 0.25) is 0 Å². The molecule has 1 saturated heterocycles. The zero-order valence-corrected chi connectivity index (χ0v) is 11.4. The molecule has 1 N–H and O–H groups in total. The summed E-state index contributed by atoms with van der Waals surface area (Å²) in [5.74, 6) is 0.176. The fraction of sp³-hybridized carbons (Fsp3) is 0.615.